The van der Waals surface area contributed by atoms with E-state index in [9.17, 15) is 24.5 Å². The number of nitro benzene ring substituents is 1. The molecule has 0 radical (unpaired) electrons. The second kappa shape index (κ2) is 4.85. The number of nitrogens with zero attached hydrogens (tertiary/aromatic N) is 1. The number of carboxylic acid groups (broad SMARTS) is 2. The first-order chi connectivity index (χ1) is 9.78. The monoisotopic (exact) mass is 294 g/mol. The standard InChI is InChI=1S/C12H10N2O7/c15-8(16)4-12(5-9(17)18)10-6(13-11(12)19)2-1-3-7(10)14(20)21/h1-3H,4-5H2,(H,13,19)(H,15,16)(H,17,18). The lowest BCUT2D eigenvalue weighted by Crippen LogP contribution is -2.39. The van der Waals surface area contributed by atoms with E-state index >= 15 is 0 Å². The van der Waals surface area contributed by atoms with Gasteiger partial charge in [-0.15, -0.1) is 0 Å². The van der Waals surface area contributed by atoms with Crippen LogP contribution in [-0.2, 0) is 19.8 Å². The average Bonchev–Trinajstić information content (AvgIpc) is 2.60. The molecule has 110 valence electrons. The summed E-state index contributed by atoms with van der Waals surface area (Å²) in [6.07, 6.45) is -1.69. The van der Waals surface area contributed by atoms with Gasteiger partial charge >= 0.3 is 11.9 Å². The maximum atomic E-state index is 12.1. The number of hydrogen-bond acceptors (Lipinski definition) is 5. The van der Waals surface area contributed by atoms with Crippen LogP contribution < -0.4 is 5.32 Å². The van der Waals surface area contributed by atoms with Gasteiger partial charge in [-0.25, -0.2) is 0 Å². The van der Waals surface area contributed by atoms with Crippen molar-refractivity contribution in [1.82, 2.24) is 0 Å². The van der Waals surface area contributed by atoms with Crippen molar-refractivity contribution >= 4 is 29.2 Å². The Morgan fingerprint density at radius 3 is 2.29 bits per heavy atom. The topological polar surface area (TPSA) is 147 Å². The first-order valence-corrected chi connectivity index (χ1v) is 5.81. The van der Waals surface area contributed by atoms with E-state index in [2.05, 4.69) is 5.32 Å². The molecule has 0 unspecified atom stereocenters. The van der Waals surface area contributed by atoms with Gasteiger partial charge in [0.2, 0.25) is 5.91 Å². The third-order valence-electron chi connectivity index (χ3n) is 3.31. The Labute approximate surface area is 117 Å². The van der Waals surface area contributed by atoms with Gasteiger partial charge in [-0.3, -0.25) is 24.5 Å². The molecule has 9 heteroatoms. The van der Waals surface area contributed by atoms with Gasteiger partial charge in [0.15, 0.2) is 0 Å². The highest BCUT2D eigenvalue weighted by Gasteiger charge is 2.53. The van der Waals surface area contributed by atoms with E-state index in [1.807, 2.05) is 0 Å². The summed E-state index contributed by atoms with van der Waals surface area (Å²) in [5.41, 5.74) is -2.59. The molecule has 1 aliphatic rings. The van der Waals surface area contributed by atoms with Crippen molar-refractivity contribution in [3.63, 3.8) is 0 Å². The van der Waals surface area contributed by atoms with Crippen molar-refractivity contribution in [1.29, 1.82) is 0 Å². The fraction of sp³-hybridized carbons (Fsp3) is 0.250. The first-order valence-electron chi connectivity index (χ1n) is 5.81. The van der Waals surface area contributed by atoms with Crippen LogP contribution in [0.2, 0.25) is 0 Å². The minimum atomic E-state index is -1.99. The number of benzene rings is 1. The number of amides is 1. The second-order valence-electron chi connectivity index (χ2n) is 4.63. The molecule has 0 fully saturated rings. The molecule has 0 atom stereocenters. The van der Waals surface area contributed by atoms with Crippen LogP contribution in [0.25, 0.3) is 0 Å². The second-order valence-corrected chi connectivity index (χ2v) is 4.63. The predicted molar refractivity (Wildman–Crippen MR) is 67.9 cm³/mol. The van der Waals surface area contributed by atoms with Crippen LogP contribution in [0, 0.1) is 10.1 Å². The van der Waals surface area contributed by atoms with Crippen molar-refractivity contribution in [2.45, 2.75) is 18.3 Å². The summed E-state index contributed by atoms with van der Waals surface area (Å²) in [4.78, 5) is 44.5. The maximum Gasteiger partial charge on any atom is 0.304 e. The number of nitro groups is 1. The number of carbonyl (C=O) groups excluding carboxylic acids is 1. The zero-order valence-corrected chi connectivity index (χ0v) is 10.5. The zero-order chi connectivity index (χ0) is 15.8. The van der Waals surface area contributed by atoms with E-state index in [0.29, 0.717) is 0 Å². The Hall–Kier alpha value is -2.97. The van der Waals surface area contributed by atoms with Gasteiger partial charge in [0.25, 0.3) is 5.69 Å². The van der Waals surface area contributed by atoms with Gasteiger partial charge in [0, 0.05) is 6.07 Å². The van der Waals surface area contributed by atoms with Crippen molar-refractivity contribution < 1.29 is 29.5 Å². The number of hydrogen-bond donors (Lipinski definition) is 3. The van der Waals surface area contributed by atoms with Gasteiger partial charge in [0.05, 0.1) is 29.0 Å². The molecule has 2 rings (SSSR count). The van der Waals surface area contributed by atoms with Crippen LogP contribution in [0.4, 0.5) is 11.4 Å². The molecule has 1 aromatic rings. The molecule has 1 amide bonds. The number of aliphatic carboxylic acids is 2. The molecule has 0 saturated heterocycles. The van der Waals surface area contributed by atoms with Gasteiger partial charge in [-0.2, -0.15) is 0 Å². The van der Waals surface area contributed by atoms with Gasteiger partial charge in [-0.1, -0.05) is 6.07 Å². The molecule has 0 aliphatic carbocycles. The molecule has 0 bridgehead atoms. The van der Waals surface area contributed by atoms with Crippen LogP contribution in [0.5, 0.6) is 0 Å². The largest absolute Gasteiger partial charge is 0.481 e. The SMILES string of the molecule is O=C(O)CC1(CC(=O)O)C(=O)Nc2cccc([N+](=O)[O-])c21. The van der Waals surface area contributed by atoms with Crippen LogP contribution >= 0.6 is 0 Å². The summed E-state index contributed by atoms with van der Waals surface area (Å²) >= 11 is 0. The number of rotatable bonds is 5. The normalized spacial score (nSPS) is 15.1. The summed E-state index contributed by atoms with van der Waals surface area (Å²) in [5, 5.41) is 31.4. The van der Waals surface area contributed by atoms with E-state index in [-0.39, 0.29) is 11.3 Å². The smallest absolute Gasteiger partial charge is 0.304 e. The molecule has 1 heterocycles. The molecular weight excluding hydrogens is 284 g/mol. The van der Waals surface area contributed by atoms with E-state index < -0.39 is 46.7 Å². The van der Waals surface area contributed by atoms with Crippen LogP contribution in [0.15, 0.2) is 18.2 Å². The van der Waals surface area contributed by atoms with Crippen LogP contribution in [0.3, 0.4) is 0 Å². The molecule has 0 aromatic heterocycles. The lowest BCUT2D eigenvalue weighted by atomic mass is 9.75. The number of fused-ring (bicyclic) bond motifs is 1. The summed E-state index contributed by atoms with van der Waals surface area (Å²) in [5.74, 6) is -3.70. The van der Waals surface area contributed by atoms with Crippen molar-refractivity contribution in [3.05, 3.63) is 33.9 Å². The lowest BCUT2D eigenvalue weighted by Gasteiger charge is -2.23. The van der Waals surface area contributed by atoms with E-state index in [1.54, 1.807) is 0 Å². The Bertz CT molecular complexity index is 652. The highest BCUT2D eigenvalue weighted by atomic mass is 16.6. The number of nitrogens with one attached hydrogen (secondary N) is 1. The number of carbonyl (C=O) groups is 3. The molecule has 3 N–H and O–H groups in total. The van der Waals surface area contributed by atoms with Crippen molar-refractivity contribution in [2.24, 2.45) is 0 Å². The van der Waals surface area contributed by atoms with Crippen LogP contribution in [0.1, 0.15) is 18.4 Å². The molecule has 0 spiro atoms. The first kappa shape index (κ1) is 14.4. The Morgan fingerprint density at radius 2 is 1.81 bits per heavy atom. The maximum absolute atomic E-state index is 12.1. The average molecular weight is 294 g/mol. The van der Waals surface area contributed by atoms with Gasteiger partial charge in [-0.05, 0) is 6.07 Å². The quantitative estimate of drug-likeness (QED) is 0.535. The predicted octanol–water partition coefficient (Wildman–Crippen LogP) is 0.734. The molecule has 1 aliphatic heterocycles. The third-order valence-corrected chi connectivity index (χ3v) is 3.31. The van der Waals surface area contributed by atoms with Gasteiger partial charge in [0.1, 0.15) is 5.41 Å². The zero-order valence-electron chi connectivity index (χ0n) is 10.5. The number of carboxylic acids is 2. The van der Waals surface area contributed by atoms with Crippen LogP contribution in [-0.4, -0.2) is 33.0 Å². The van der Waals surface area contributed by atoms with Crippen molar-refractivity contribution in [3.8, 4) is 0 Å². The van der Waals surface area contributed by atoms with E-state index in [0.717, 1.165) is 6.07 Å². The van der Waals surface area contributed by atoms with E-state index in [1.165, 1.54) is 12.1 Å². The minimum Gasteiger partial charge on any atom is -0.481 e. The Morgan fingerprint density at radius 1 is 1.24 bits per heavy atom. The van der Waals surface area contributed by atoms with E-state index in [4.69, 9.17) is 10.2 Å². The van der Waals surface area contributed by atoms with Gasteiger partial charge < -0.3 is 15.5 Å². The molecule has 21 heavy (non-hydrogen) atoms. The Balaban J connectivity index is 2.73. The number of anilines is 1. The summed E-state index contributed by atoms with van der Waals surface area (Å²) < 4.78 is 0. The summed E-state index contributed by atoms with van der Waals surface area (Å²) in [6, 6.07) is 3.80. The molecule has 0 saturated carbocycles. The third kappa shape index (κ3) is 2.29. The fourth-order valence-electron chi connectivity index (χ4n) is 2.57. The Kier molecular flexibility index (Phi) is 3.34. The lowest BCUT2D eigenvalue weighted by molar-refractivity contribution is -0.385. The minimum absolute atomic E-state index is 0.0664. The summed E-state index contributed by atoms with van der Waals surface area (Å²) in [7, 11) is 0. The molecule has 9 nitrogen and oxygen atoms in total. The highest BCUT2D eigenvalue weighted by molar-refractivity contribution is 6.10. The highest BCUT2D eigenvalue weighted by Crippen LogP contribution is 2.47. The fourth-order valence-corrected chi connectivity index (χ4v) is 2.57. The molecule has 1 aromatic carbocycles. The molecular formula is C12H10N2O7. The summed E-state index contributed by atoms with van der Waals surface area (Å²) in [6.45, 7) is 0. The van der Waals surface area contributed by atoms with Crippen molar-refractivity contribution in [2.75, 3.05) is 5.32 Å².